The quantitative estimate of drug-likeness (QED) is 0.649. The molecule has 3 rings (SSSR count). The molecule has 0 aliphatic carbocycles. The van der Waals surface area contributed by atoms with Crippen LogP contribution in [-0.2, 0) is 0 Å². The third kappa shape index (κ3) is 3.66. The predicted octanol–water partition coefficient (Wildman–Crippen LogP) is 5.57. The zero-order chi connectivity index (χ0) is 19.6. The molecule has 2 aromatic rings. The van der Waals surface area contributed by atoms with E-state index in [9.17, 15) is 0 Å². The van der Waals surface area contributed by atoms with Crippen LogP contribution in [0.1, 0.15) is 51.2 Å². The molecule has 0 spiro atoms. The van der Waals surface area contributed by atoms with Gasteiger partial charge in [0.1, 0.15) is 17.2 Å². The Morgan fingerprint density at radius 1 is 1.15 bits per heavy atom. The molecule has 1 atom stereocenters. The molecule has 4 nitrogen and oxygen atoms in total. The highest BCUT2D eigenvalue weighted by atomic mass is 16.5. The van der Waals surface area contributed by atoms with Crippen LogP contribution in [0.3, 0.4) is 0 Å². The second kappa shape index (κ2) is 7.63. The molecule has 0 N–H and O–H groups in total. The highest BCUT2D eigenvalue weighted by Gasteiger charge is 2.36. The topological polar surface area (TPSA) is 34.1 Å². The molecule has 0 fully saturated rings. The first-order chi connectivity index (χ1) is 12.9. The van der Waals surface area contributed by atoms with Crippen molar-refractivity contribution >= 4 is 17.6 Å². The van der Waals surface area contributed by atoms with E-state index in [0.717, 1.165) is 35.7 Å². The molecular weight excluding hydrogens is 336 g/mol. The molecule has 1 unspecified atom stereocenters. The molecule has 0 bridgehead atoms. The summed E-state index contributed by atoms with van der Waals surface area (Å²) in [7, 11) is 3.38. The summed E-state index contributed by atoms with van der Waals surface area (Å²) in [5.74, 6) is 2.09. The number of hydrogen-bond donors (Lipinski definition) is 0. The number of benzene rings is 2. The zero-order valence-corrected chi connectivity index (χ0v) is 17.2. The first-order valence-electron chi connectivity index (χ1n) is 9.58. The molecule has 27 heavy (non-hydrogen) atoms. The molecule has 0 saturated heterocycles. The summed E-state index contributed by atoms with van der Waals surface area (Å²) in [6.45, 7) is 10.1. The van der Waals surface area contributed by atoms with Gasteiger partial charge in [-0.1, -0.05) is 19.1 Å². The number of nitrogens with zero attached hydrogens (tertiary/aromatic N) is 2. The normalized spacial score (nSPS) is 18.4. The van der Waals surface area contributed by atoms with Crippen LogP contribution in [0.2, 0.25) is 0 Å². The molecule has 2 aromatic carbocycles. The Morgan fingerprint density at radius 2 is 1.85 bits per heavy atom. The molecule has 1 heterocycles. The number of rotatable bonds is 5. The lowest BCUT2D eigenvalue weighted by atomic mass is 9.79. The van der Waals surface area contributed by atoms with Gasteiger partial charge in [-0.3, -0.25) is 4.99 Å². The average molecular weight is 367 g/mol. The fourth-order valence-electron chi connectivity index (χ4n) is 4.28. The number of anilines is 1. The van der Waals surface area contributed by atoms with Gasteiger partial charge in [0.2, 0.25) is 0 Å². The van der Waals surface area contributed by atoms with E-state index in [1.807, 2.05) is 30.5 Å². The number of aliphatic imine (C=N–C) groups is 1. The fourth-order valence-corrected chi connectivity index (χ4v) is 4.28. The van der Waals surface area contributed by atoms with Crippen LogP contribution in [0.15, 0.2) is 41.4 Å². The summed E-state index contributed by atoms with van der Waals surface area (Å²) in [5.41, 5.74) is 4.57. The van der Waals surface area contributed by atoms with Crippen LogP contribution in [0.5, 0.6) is 11.5 Å². The van der Waals surface area contributed by atoms with E-state index in [0.29, 0.717) is 5.92 Å². The minimum Gasteiger partial charge on any atom is -0.496 e. The molecule has 4 heteroatoms. The molecule has 1 aliphatic heterocycles. The SMILES string of the molecule is CCN1c2cc(OC)c(C=Nc3ccccc3OC)cc2C(C)CC1(C)C. The van der Waals surface area contributed by atoms with Gasteiger partial charge in [0.15, 0.2) is 0 Å². The van der Waals surface area contributed by atoms with Crippen molar-refractivity contribution in [1.82, 2.24) is 0 Å². The second-order valence-electron chi connectivity index (χ2n) is 7.74. The predicted molar refractivity (Wildman–Crippen MR) is 113 cm³/mol. The van der Waals surface area contributed by atoms with E-state index in [-0.39, 0.29) is 5.54 Å². The van der Waals surface area contributed by atoms with E-state index >= 15 is 0 Å². The highest BCUT2D eigenvalue weighted by molar-refractivity contribution is 5.88. The maximum Gasteiger partial charge on any atom is 0.144 e. The molecule has 0 radical (unpaired) electrons. The van der Waals surface area contributed by atoms with Gasteiger partial charge in [-0.2, -0.15) is 0 Å². The molecule has 0 aromatic heterocycles. The maximum absolute atomic E-state index is 5.70. The van der Waals surface area contributed by atoms with E-state index in [2.05, 4.69) is 49.7 Å². The Bertz CT molecular complexity index is 842. The number of methoxy groups -OCH3 is 2. The average Bonchev–Trinajstić information content (AvgIpc) is 2.65. The van der Waals surface area contributed by atoms with Crippen molar-refractivity contribution in [2.45, 2.75) is 45.6 Å². The van der Waals surface area contributed by atoms with Gasteiger partial charge < -0.3 is 14.4 Å². The van der Waals surface area contributed by atoms with Gasteiger partial charge in [-0.05, 0) is 56.9 Å². The summed E-state index contributed by atoms with van der Waals surface area (Å²) in [5, 5.41) is 0. The van der Waals surface area contributed by atoms with E-state index < -0.39 is 0 Å². The van der Waals surface area contributed by atoms with Crippen molar-refractivity contribution in [3.8, 4) is 11.5 Å². The van der Waals surface area contributed by atoms with E-state index in [1.165, 1.54) is 11.3 Å². The Kier molecular flexibility index (Phi) is 5.45. The lowest BCUT2D eigenvalue weighted by Crippen LogP contribution is -2.48. The third-order valence-corrected chi connectivity index (χ3v) is 5.48. The summed E-state index contributed by atoms with van der Waals surface area (Å²) in [4.78, 5) is 7.13. The van der Waals surface area contributed by atoms with Crippen LogP contribution >= 0.6 is 0 Å². The Hall–Kier alpha value is -2.49. The number of para-hydroxylation sites is 2. The van der Waals surface area contributed by atoms with Gasteiger partial charge in [0, 0.05) is 35.6 Å². The van der Waals surface area contributed by atoms with Gasteiger partial charge in [0.25, 0.3) is 0 Å². The van der Waals surface area contributed by atoms with Gasteiger partial charge >= 0.3 is 0 Å². The van der Waals surface area contributed by atoms with Crippen LogP contribution in [0.4, 0.5) is 11.4 Å². The second-order valence-corrected chi connectivity index (χ2v) is 7.74. The summed E-state index contributed by atoms with van der Waals surface area (Å²) in [6.07, 6.45) is 3.00. The lowest BCUT2D eigenvalue weighted by molar-refractivity contribution is 0.377. The summed E-state index contributed by atoms with van der Waals surface area (Å²) in [6, 6.07) is 12.2. The lowest BCUT2D eigenvalue weighted by Gasteiger charge is -2.47. The molecule has 1 aliphatic rings. The number of hydrogen-bond acceptors (Lipinski definition) is 4. The maximum atomic E-state index is 5.70. The minimum atomic E-state index is 0.138. The van der Waals surface area contributed by atoms with Gasteiger partial charge in [-0.15, -0.1) is 0 Å². The van der Waals surface area contributed by atoms with Crippen LogP contribution in [0, 0.1) is 0 Å². The summed E-state index contributed by atoms with van der Waals surface area (Å²) >= 11 is 0. The van der Waals surface area contributed by atoms with Gasteiger partial charge in [0.05, 0.1) is 14.2 Å². The van der Waals surface area contributed by atoms with Crippen LogP contribution in [-0.4, -0.2) is 32.5 Å². The van der Waals surface area contributed by atoms with Crippen LogP contribution in [0.25, 0.3) is 0 Å². The largest absolute Gasteiger partial charge is 0.496 e. The first kappa shape index (κ1) is 19.3. The Balaban J connectivity index is 2.06. The summed E-state index contributed by atoms with van der Waals surface area (Å²) < 4.78 is 11.1. The molecule has 0 amide bonds. The smallest absolute Gasteiger partial charge is 0.144 e. The van der Waals surface area contributed by atoms with Crippen molar-refractivity contribution in [2.24, 2.45) is 4.99 Å². The Labute approximate surface area is 162 Å². The van der Waals surface area contributed by atoms with Crippen molar-refractivity contribution in [3.63, 3.8) is 0 Å². The Morgan fingerprint density at radius 3 is 2.52 bits per heavy atom. The minimum absolute atomic E-state index is 0.138. The monoisotopic (exact) mass is 366 g/mol. The number of fused-ring (bicyclic) bond motifs is 1. The zero-order valence-electron chi connectivity index (χ0n) is 17.2. The number of ether oxygens (including phenoxy) is 2. The van der Waals surface area contributed by atoms with E-state index in [1.54, 1.807) is 14.2 Å². The standard InChI is InChI=1S/C23H30N2O2/c1-7-25-20-13-22(27-6)17(12-18(20)16(2)14-23(25,3)4)15-24-19-10-8-9-11-21(19)26-5/h8-13,15-16H,7,14H2,1-6H3. The van der Waals surface area contributed by atoms with Crippen LogP contribution < -0.4 is 14.4 Å². The van der Waals surface area contributed by atoms with Crippen molar-refractivity contribution in [1.29, 1.82) is 0 Å². The molecule has 0 saturated carbocycles. The van der Waals surface area contributed by atoms with Crippen molar-refractivity contribution < 1.29 is 9.47 Å². The first-order valence-corrected chi connectivity index (χ1v) is 9.58. The highest BCUT2D eigenvalue weighted by Crippen LogP contribution is 2.45. The fraction of sp³-hybridized carbons (Fsp3) is 0.435. The van der Waals surface area contributed by atoms with Crippen molar-refractivity contribution in [3.05, 3.63) is 47.5 Å². The molecular formula is C23H30N2O2. The third-order valence-electron chi connectivity index (χ3n) is 5.48. The van der Waals surface area contributed by atoms with E-state index in [4.69, 9.17) is 9.47 Å². The van der Waals surface area contributed by atoms with Crippen molar-refractivity contribution in [2.75, 3.05) is 25.7 Å². The van der Waals surface area contributed by atoms with Gasteiger partial charge in [-0.25, -0.2) is 0 Å². The molecule has 144 valence electrons.